The molecule has 218 valence electrons. The molecule has 0 saturated heterocycles. The summed E-state index contributed by atoms with van der Waals surface area (Å²) in [5, 5.41) is 3.52. The lowest BCUT2D eigenvalue weighted by atomic mass is 9.99. The average Bonchev–Trinajstić information content (AvgIpc) is 3.15. The Balaban J connectivity index is 1.36. The summed E-state index contributed by atoms with van der Waals surface area (Å²) in [6.07, 6.45) is 5.44. The van der Waals surface area contributed by atoms with Crippen molar-refractivity contribution >= 4 is 45.0 Å². The molecule has 8 aromatic rings. The van der Waals surface area contributed by atoms with Gasteiger partial charge in [-0.3, -0.25) is 15.0 Å². The summed E-state index contributed by atoms with van der Waals surface area (Å²) in [6.45, 7) is 0. The molecule has 4 nitrogen and oxygen atoms in total. The van der Waals surface area contributed by atoms with Gasteiger partial charge >= 0.3 is 0 Å². The predicted octanol–water partition coefficient (Wildman–Crippen LogP) is 8.82. The molecule has 3 heterocycles. The van der Waals surface area contributed by atoms with Crippen LogP contribution in [0.25, 0.3) is 55.2 Å². The third-order valence-corrected chi connectivity index (χ3v) is 11.5. The average molecular weight is 610 g/mol. The second kappa shape index (κ2) is 11.7. The van der Waals surface area contributed by atoms with Crippen LogP contribution in [-0.4, -0.2) is 15.0 Å². The fraction of sp³-hybridized carbons (Fsp3) is 0. The zero-order valence-corrected chi connectivity index (χ0v) is 25.8. The van der Waals surface area contributed by atoms with Gasteiger partial charge in [0.2, 0.25) is 0 Å². The number of rotatable bonds is 6. The Morgan fingerprint density at radius 1 is 0.435 bits per heavy atom. The maximum absolute atomic E-state index is 16.2. The van der Waals surface area contributed by atoms with Gasteiger partial charge < -0.3 is 4.57 Å². The van der Waals surface area contributed by atoms with Gasteiger partial charge in [-0.1, -0.05) is 127 Å². The van der Waals surface area contributed by atoms with Gasteiger partial charge in [0.1, 0.15) is 5.44 Å². The minimum atomic E-state index is -3.51. The van der Waals surface area contributed by atoms with E-state index in [1.165, 1.54) is 0 Å². The molecule has 0 N–H and O–H groups in total. The molecule has 5 heteroatoms. The van der Waals surface area contributed by atoms with Crippen LogP contribution in [0.2, 0.25) is 0 Å². The van der Waals surface area contributed by atoms with Crippen molar-refractivity contribution < 1.29 is 4.57 Å². The van der Waals surface area contributed by atoms with E-state index < -0.39 is 7.14 Å². The SMILES string of the molecule is O=P(c1ccc(-c2cc3cccnc3c3ncccc23)cn1)(c1ccccc1-c1ccccc1)c1ccccc1-c1ccccc1. The van der Waals surface area contributed by atoms with Gasteiger partial charge in [0, 0.05) is 45.5 Å². The summed E-state index contributed by atoms with van der Waals surface area (Å²) in [5.74, 6) is 0. The lowest BCUT2D eigenvalue weighted by molar-refractivity contribution is 0.592. The summed E-state index contributed by atoms with van der Waals surface area (Å²) in [6, 6.07) is 50.5. The summed E-state index contributed by atoms with van der Waals surface area (Å²) in [5.41, 5.74) is 8.06. The Hall–Kier alpha value is -5.70. The molecule has 3 aromatic heterocycles. The predicted molar refractivity (Wildman–Crippen MR) is 191 cm³/mol. The van der Waals surface area contributed by atoms with Crippen molar-refractivity contribution in [1.29, 1.82) is 0 Å². The van der Waals surface area contributed by atoms with Crippen molar-refractivity contribution in [2.75, 3.05) is 0 Å². The maximum atomic E-state index is 16.2. The molecule has 5 aromatic carbocycles. The van der Waals surface area contributed by atoms with E-state index in [1.54, 1.807) is 12.4 Å². The van der Waals surface area contributed by atoms with Crippen molar-refractivity contribution in [3.8, 4) is 33.4 Å². The van der Waals surface area contributed by atoms with Crippen molar-refractivity contribution in [2.45, 2.75) is 0 Å². The second-order valence-corrected chi connectivity index (χ2v) is 13.8. The summed E-state index contributed by atoms with van der Waals surface area (Å²) in [7, 11) is -3.51. The van der Waals surface area contributed by atoms with E-state index in [-0.39, 0.29) is 0 Å². The number of aromatic nitrogens is 3. The standard InChI is InChI=1S/C41H28N3OP/c45-46(37-21-9-7-18-33(37)29-13-3-1-4-14-29,38-22-10-8-19-34(38)30-15-5-2-6-16-30)39-24-23-32(28-44-39)36-27-31-17-11-25-42-40(31)41-35(36)20-12-26-43-41/h1-28H. The summed E-state index contributed by atoms with van der Waals surface area (Å²) < 4.78 is 16.2. The Bertz CT molecular complexity index is 2300. The first kappa shape index (κ1) is 27.8. The summed E-state index contributed by atoms with van der Waals surface area (Å²) in [4.78, 5) is 14.3. The zero-order chi connectivity index (χ0) is 30.9. The van der Waals surface area contributed by atoms with Gasteiger partial charge in [-0.2, -0.15) is 0 Å². The molecular formula is C41H28N3OP. The van der Waals surface area contributed by atoms with Crippen LogP contribution in [0.4, 0.5) is 0 Å². The van der Waals surface area contributed by atoms with E-state index in [0.717, 1.165) is 65.8 Å². The van der Waals surface area contributed by atoms with E-state index in [4.69, 9.17) is 4.98 Å². The highest BCUT2D eigenvalue weighted by Crippen LogP contribution is 2.47. The number of benzene rings is 5. The highest BCUT2D eigenvalue weighted by atomic mass is 31.2. The lowest BCUT2D eigenvalue weighted by Crippen LogP contribution is -2.29. The largest absolute Gasteiger partial charge is 0.307 e. The Labute approximate surface area is 267 Å². The molecule has 0 aliphatic heterocycles. The van der Waals surface area contributed by atoms with Gasteiger partial charge in [0.25, 0.3) is 0 Å². The zero-order valence-electron chi connectivity index (χ0n) is 24.9. The molecule has 0 amide bonds. The molecule has 0 aliphatic carbocycles. The fourth-order valence-electron chi connectivity index (χ4n) is 6.34. The first-order valence-corrected chi connectivity index (χ1v) is 16.9. The third-order valence-electron chi connectivity index (χ3n) is 8.50. The van der Waals surface area contributed by atoms with E-state index in [1.807, 2.05) is 103 Å². The Kier molecular flexibility index (Phi) is 7.05. The minimum absolute atomic E-state index is 0.535. The van der Waals surface area contributed by atoms with Gasteiger partial charge in [-0.25, -0.2) is 0 Å². The molecule has 0 bridgehead atoms. The normalized spacial score (nSPS) is 11.6. The highest BCUT2D eigenvalue weighted by molar-refractivity contribution is 7.85. The van der Waals surface area contributed by atoms with E-state index in [0.29, 0.717) is 5.44 Å². The van der Waals surface area contributed by atoms with E-state index >= 15 is 4.57 Å². The van der Waals surface area contributed by atoms with Gasteiger partial charge in [-0.05, 0) is 52.1 Å². The molecule has 46 heavy (non-hydrogen) atoms. The van der Waals surface area contributed by atoms with Crippen molar-refractivity contribution in [1.82, 2.24) is 15.0 Å². The van der Waals surface area contributed by atoms with Crippen LogP contribution >= 0.6 is 7.14 Å². The second-order valence-electron chi connectivity index (χ2n) is 11.2. The van der Waals surface area contributed by atoms with Crippen molar-refractivity contribution in [3.63, 3.8) is 0 Å². The van der Waals surface area contributed by atoms with Crippen molar-refractivity contribution in [3.05, 3.63) is 170 Å². The molecule has 0 spiro atoms. The number of pyridine rings is 3. The minimum Gasteiger partial charge on any atom is -0.307 e. The molecule has 0 atom stereocenters. The number of nitrogens with zero attached hydrogens (tertiary/aromatic N) is 3. The van der Waals surface area contributed by atoms with Crippen molar-refractivity contribution in [2.24, 2.45) is 0 Å². The van der Waals surface area contributed by atoms with Crippen LogP contribution in [0.5, 0.6) is 0 Å². The number of fused-ring (bicyclic) bond motifs is 3. The Morgan fingerprint density at radius 2 is 1.00 bits per heavy atom. The van der Waals surface area contributed by atoms with Gasteiger partial charge in [-0.15, -0.1) is 0 Å². The summed E-state index contributed by atoms with van der Waals surface area (Å²) >= 11 is 0. The topological polar surface area (TPSA) is 55.7 Å². The monoisotopic (exact) mass is 609 g/mol. The van der Waals surface area contributed by atoms with Crippen LogP contribution < -0.4 is 16.0 Å². The number of hydrogen-bond donors (Lipinski definition) is 0. The van der Waals surface area contributed by atoms with Crippen LogP contribution in [0.15, 0.2) is 170 Å². The van der Waals surface area contributed by atoms with E-state index in [2.05, 4.69) is 64.6 Å². The molecule has 0 saturated carbocycles. The third kappa shape index (κ3) is 4.72. The molecular weight excluding hydrogens is 581 g/mol. The first-order chi connectivity index (χ1) is 22.7. The molecule has 0 fully saturated rings. The first-order valence-electron chi connectivity index (χ1n) is 15.2. The maximum Gasteiger partial charge on any atom is 0.189 e. The van der Waals surface area contributed by atoms with E-state index in [9.17, 15) is 0 Å². The quantitative estimate of drug-likeness (QED) is 0.140. The lowest BCUT2D eigenvalue weighted by Gasteiger charge is -2.24. The molecule has 0 radical (unpaired) electrons. The highest BCUT2D eigenvalue weighted by Gasteiger charge is 2.35. The van der Waals surface area contributed by atoms with Crippen LogP contribution in [-0.2, 0) is 4.57 Å². The van der Waals surface area contributed by atoms with Crippen LogP contribution in [0.3, 0.4) is 0 Å². The van der Waals surface area contributed by atoms with Crippen LogP contribution in [0, 0.1) is 0 Å². The van der Waals surface area contributed by atoms with Gasteiger partial charge in [0.15, 0.2) is 7.14 Å². The Morgan fingerprint density at radius 3 is 1.61 bits per heavy atom. The van der Waals surface area contributed by atoms with Crippen LogP contribution in [0.1, 0.15) is 0 Å². The fourth-order valence-corrected chi connectivity index (χ4v) is 9.28. The molecule has 8 rings (SSSR count). The molecule has 0 aliphatic rings. The molecule has 0 unspecified atom stereocenters. The van der Waals surface area contributed by atoms with Gasteiger partial charge in [0.05, 0.1) is 11.0 Å². The number of hydrogen-bond acceptors (Lipinski definition) is 4. The smallest absolute Gasteiger partial charge is 0.189 e.